The monoisotopic (exact) mass is 179 g/mol. The highest BCUT2D eigenvalue weighted by molar-refractivity contribution is 5.24. The number of nitrogens with one attached hydrogen (secondary N) is 1. The molecule has 0 amide bonds. The molecule has 66 valence electrons. The van der Waals surface area contributed by atoms with Crippen LogP contribution in [0.25, 0.3) is 0 Å². The van der Waals surface area contributed by atoms with E-state index < -0.39 is 29.2 Å². The van der Waals surface area contributed by atoms with Crippen molar-refractivity contribution in [1.82, 2.24) is 4.98 Å². The molecule has 1 heterocycles. The van der Waals surface area contributed by atoms with Crippen molar-refractivity contribution in [2.45, 2.75) is 6.43 Å². The van der Waals surface area contributed by atoms with E-state index in [1.807, 2.05) is 0 Å². The number of rotatable bonds is 1. The zero-order valence-electron chi connectivity index (χ0n) is 5.64. The molecule has 0 aliphatic heterocycles. The number of hydrogen-bond acceptors (Lipinski definition) is 2. The molecule has 1 aromatic rings. The summed E-state index contributed by atoms with van der Waals surface area (Å²) in [6.45, 7) is 0. The molecule has 2 N–H and O–H groups in total. The summed E-state index contributed by atoms with van der Waals surface area (Å²) in [6.07, 6.45) is -3.03. The Balaban J connectivity index is 3.33. The number of hydrogen-bond donors (Lipinski definition) is 2. The van der Waals surface area contributed by atoms with Crippen LogP contribution in [0.1, 0.15) is 12.0 Å². The van der Waals surface area contributed by atoms with Crippen molar-refractivity contribution in [1.29, 1.82) is 0 Å². The zero-order valence-corrected chi connectivity index (χ0v) is 5.64. The van der Waals surface area contributed by atoms with Gasteiger partial charge in [0.25, 0.3) is 12.0 Å². The van der Waals surface area contributed by atoms with Gasteiger partial charge in [0, 0.05) is 0 Å². The Morgan fingerprint density at radius 3 is 2.58 bits per heavy atom. The Morgan fingerprint density at radius 2 is 2.08 bits per heavy atom. The summed E-state index contributed by atoms with van der Waals surface area (Å²) in [6, 6.07) is 0.402. The summed E-state index contributed by atoms with van der Waals surface area (Å²) in [5.41, 5.74) is -2.19. The predicted molar refractivity (Wildman–Crippen MR) is 33.6 cm³/mol. The highest BCUT2D eigenvalue weighted by Gasteiger charge is 2.15. The van der Waals surface area contributed by atoms with Crippen LogP contribution in [0.4, 0.5) is 13.2 Å². The fourth-order valence-electron chi connectivity index (χ4n) is 0.674. The van der Waals surface area contributed by atoms with Gasteiger partial charge in [0.15, 0.2) is 5.75 Å². The lowest BCUT2D eigenvalue weighted by Crippen LogP contribution is -2.13. The normalized spacial score (nSPS) is 10.7. The molecule has 1 rings (SSSR count). The average molecular weight is 179 g/mol. The third kappa shape index (κ3) is 1.41. The third-order valence-electron chi connectivity index (χ3n) is 1.24. The van der Waals surface area contributed by atoms with Crippen molar-refractivity contribution >= 4 is 0 Å². The van der Waals surface area contributed by atoms with Gasteiger partial charge in [-0.2, -0.15) is 4.39 Å². The van der Waals surface area contributed by atoms with E-state index in [9.17, 15) is 18.0 Å². The first-order valence-electron chi connectivity index (χ1n) is 2.92. The van der Waals surface area contributed by atoms with Gasteiger partial charge in [-0.25, -0.2) is 8.78 Å². The van der Waals surface area contributed by atoms with Crippen molar-refractivity contribution in [3.05, 3.63) is 27.9 Å². The number of pyridine rings is 1. The first-order chi connectivity index (χ1) is 5.52. The van der Waals surface area contributed by atoms with Crippen molar-refractivity contribution in [2.24, 2.45) is 0 Å². The van der Waals surface area contributed by atoms with Crippen LogP contribution in [0.3, 0.4) is 0 Å². The molecule has 12 heavy (non-hydrogen) atoms. The van der Waals surface area contributed by atoms with E-state index in [-0.39, 0.29) is 0 Å². The molecule has 0 bridgehead atoms. The third-order valence-corrected chi connectivity index (χ3v) is 1.24. The van der Waals surface area contributed by atoms with Gasteiger partial charge in [0.1, 0.15) is 0 Å². The first-order valence-corrected chi connectivity index (χ1v) is 2.92. The quantitative estimate of drug-likeness (QED) is 0.635. The lowest BCUT2D eigenvalue weighted by Gasteiger charge is -1.99. The molecular weight excluding hydrogens is 175 g/mol. The van der Waals surface area contributed by atoms with Crippen molar-refractivity contribution < 1.29 is 18.3 Å². The maximum atomic E-state index is 12.3. The van der Waals surface area contributed by atoms with Crippen molar-refractivity contribution in [3.8, 4) is 5.75 Å². The second kappa shape index (κ2) is 2.88. The number of aromatic amines is 1. The van der Waals surface area contributed by atoms with Gasteiger partial charge in [-0.1, -0.05) is 0 Å². The van der Waals surface area contributed by atoms with Crippen LogP contribution >= 0.6 is 0 Å². The van der Waals surface area contributed by atoms with Gasteiger partial charge in [0.05, 0.1) is 5.56 Å². The van der Waals surface area contributed by atoms with Crippen molar-refractivity contribution in [3.63, 3.8) is 0 Å². The molecule has 1 aromatic heterocycles. The number of aromatic nitrogens is 1. The van der Waals surface area contributed by atoms with Gasteiger partial charge in [0.2, 0.25) is 5.95 Å². The van der Waals surface area contributed by atoms with Crippen LogP contribution in [0, 0.1) is 5.95 Å². The Bertz CT molecular complexity index is 347. The highest BCUT2D eigenvalue weighted by atomic mass is 19.3. The lowest BCUT2D eigenvalue weighted by atomic mass is 10.3. The average Bonchev–Trinajstić information content (AvgIpc) is 1.96. The number of aromatic hydroxyl groups is 1. The molecule has 0 atom stereocenters. The Labute approximate surface area is 64.5 Å². The molecule has 0 spiro atoms. The Kier molecular flexibility index (Phi) is 2.07. The lowest BCUT2D eigenvalue weighted by molar-refractivity contribution is 0.148. The molecule has 0 saturated heterocycles. The molecule has 3 nitrogen and oxygen atoms in total. The number of halogens is 3. The number of H-pyrrole nitrogens is 1. The van der Waals surface area contributed by atoms with Gasteiger partial charge in [-0.3, -0.25) is 9.78 Å². The Hall–Kier alpha value is -1.46. The molecule has 0 aromatic carbocycles. The largest absolute Gasteiger partial charge is 0.504 e. The van der Waals surface area contributed by atoms with E-state index in [1.165, 1.54) is 4.98 Å². The van der Waals surface area contributed by atoms with Gasteiger partial charge < -0.3 is 5.11 Å². The van der Waals surface area contributed by atoms with Gasteiger partial charge in [-0.05, 0) is 6.07 Å². The Morgan fingerprint density at radius 1 is 1.50 bits per heavy atom. The van der Waals surface area contributed by atoms with Crippen LogP contribution in [-0.4, -0.2) is 10.1 Å². The second-order valence-corrected chi connectivity index (χ2v) is 2.05. The minimum absolute atomic E-state index is 0.402. The minimum atomic E-state index is -3.03. The van der Waals surface area contributed by atoms with Gasteiger partial charge in [-0.15, -0.1) is 0 Å². The maximum Gasteiger partial charge on any atom is 0.269 e. The first kappa shape index (κ1) is 8.63. The number of alkyl halides is 2. The molecular formula is C6H4F3NO2. The van der Waals surface area contributed by atoms with E-state index in [0.717, 1.165) is 0 Å². The SMILES string of the molecule is O=c1[nH]c(F)c(O)cc1C(F)F. The smallest absolute Gasteiger partial charge is 0.269 e. The standard InChI is InChI=1S/C6H4F3NO2/c7-4(8)2-1-3(11)5(9)10-6(2)12/h1,4,11H,(H,10,12). The van der Waals surface area contributed by atoms with Gasteiger partial charge >= 0.3 is 0 Å². The van der Waals surface area contributed by atoms with E-state index >= 15 is 0 Å². The fourth-order valence-corrected chi connectivity index (χ4v) is 0.674. The maximum absolute atomic E-state index is 12.3. The van der Waals surface area contributed by atoms with Crippen LogP contribution in [-0.2, 0) is 0 Å². The van der Waals surface area contributed by atoms with Crippen LogP contribution in [0.2, 0.25) is 0 Å². The summed E-state index contributed by atoms with van der Waals surface area (Å²) in [5, 5.41) is 8.59. The van der Waals surface area contributed by atoms with Crippen molar-refractivity contribution in [2.75, 3.05) is 0 Å². The molecule has 6 heteroatoms. The highest BCUT2D eigenvalue weighted by Crippen LogP contribution is 2.19. The topological polar surface area (TPSA) is 53.1 Å². The fraction of sp³-hybridized carbons (Fsp3) is 0.167. The molecule has 0 aliphatic carbocycles. The van der Waals surface area contributed by atoms with E-state index in [1.54, 1.807) is 0 Å². The molecule has 0 aliphatic rings. The zero-order chi connectivity index (χ0) is 9.30. The summed E-state index contributed by atoms with van der Waals surface area (Å²) >= 11 is 0. The predicted octanol–water partition coefficient (Wildman–Crippen LogP) is 1.16. The van der Waals surface area contributed by atoms with Crippen LogP contribution < -0.4 is 5.56 Å². The molecule has 0 radical (unpaired) electrons. The van der Waals surface area contributed by atoms with Crippen LogP contribution in [0.15, 0.2) is 10.9 Å². The summed E-state index contributed by atoms with van der Waals surface area (Å²) in [4.78, 5) is 12.0. The second-order valence-electron chi connectivity index (χ2n) is 2.05. The molecule has 0 fully saturated rings. The summed E-state index contributed by atoms with van der Waals surface area (Å²) < 4.78 is 36.0. The summed E-state index contributed by atoms with van der Waals surface area (Å²) in [5.74, 6) is -2.31. The van der Waals surface area contributed by atoms with E-state index in [0.29, 0.717) is 6.07 Å². The van der Waals surface area contributed by atoms with Crippen LogP contribution in [0.5, 0.6) is 5.75 Å². The van der Waals surface area contributed by atoms with E-state index in [2.05, 4.69) is 0 Å². The van der Waals surface area contributed by atoms with E-state index in [4.69, 9.17) is 5.11 Å². The summed E-state index contributed by atoms with van der Waals surface area (Å²) in [7, 11) is 0. The minimum Gasteiger partial charge on any atom is -0.504 e. The molecule has 0 saturated carbocycles. The molecule has 0 unspecified atom stereocenters.